The molecule has 0 amide bonds. The molecule has 33 heavy (non-hydrogen) atoms. The van der Waals surface area contributed by atoms with Gasteiger partial charge in [-0.3, -0.25) is 0 Å². The van der Waals surface area contributed by atoms with Crippen molar-refractivity contribution in [1.29, 1.82) is 0 Å². The molecule has 176 valence electrons. The van der Waals surface area contributed by atoms with Gasteiger partial charge in [-0.1, -0.05) is 55.5 Å². The van der Waals surface area contributed by atoms with Gasteiger partial charge in [0.15, 0.2) is 24.3 Å². The van der Waals surface area contributed by atoms with Crippen LogP contribution in [-0.2, 0) is 19.7 Å². The highest BCUT2D eigenvalue weighted by molar-refractivity contribution is 8.09. The van der Waals surface area contributed by atoms with Crippen molar-refractivity contribution in [1.82, 2.24) is 0 Å². The number of hydrogen-bond acceptors (Lipinski definition) is 5. The topological polar surface area (TPSA) is 77.5 Å². The number of alkyl halides is 3. The molecule has 0 aliphatic carbocycles. The average molecular weight is 499 g/mol. The predicted octanol–water partition coefficient (Wildman–Crippen LogP) is 5.35. The first-order chi connectivity index (χ1) is 15.4. The lowest BCUT2D eigenvalue weighted by Crippen LogP contribution is -2.32. The molecule has 5 nitrogen and oxygen atoms in total. The Hall–Kier alpha value is -2.85. The van der Waals surface area contributed by atoms with Gasteiger partial charge in [0.25, 0.3) is 0 Å². The third-order valence-electron chi connectivity index (χ3n) is 5.06. The van der Waals surface area contributed by atoms with Crippen LogP contribution in [0.15, 0.2) is 94.7 Å². The Morgan fingerprint density at radius 1 is 0.727 bits per heavy atom. The van der Waals surface area contributed by atoms with E-state index in [2.05, 4.69) is 4.74 Å². The fourth-order valence-corrected chi connectivity index (χ4v) is 8.13. The summed E-state index contributed by atoms with van der Waals surface area (Å²) in [6, 6.07) is 19.5. The maximum absolute atomic E-state index is 13.4. The van der Waals surface area contributed by atoms with E-state index >= 15 is 0 Å². The standard InChI is InChI=1S/C23H21F3O5S2/c1-17(18-12-14-19(15-13-18)31-23(24,25)26)16-22(32(27,28)20-8-4-2-5-9-20)33(29,30)21-10-6-3-7-11-21/h2-15,17,22H,16H2,1H3. The van der Waals surface area contributed by atoms with Crippen LogP contribution in [-0.4, -0.2) is 27.8 Å². The van der Waals surface area contributed by atoms with E-state index in [0.717, 1.165) is 12.1 Å². The Bertz CT molecular complexity index is 1200. The SMILES string of the molecule is CC(CC(S(=O)(=O)c1ccccc1)S(=O)(=O)c1ccccc1)c1ccc(OC(F)(F)F)cc1. The van der Waals surface area contributed by atoms with E-state index in [1.54, 1.807) is 19.1 Å². The Balaban J connectivity index is 1.98. The van der Waals surface area contributed by atoms with Crippen molar-refractivity contribution in [2.45, 2.75) is 40.0 Å². The molecule has 0 fully saturated rings. The summed E-state index contributed by atoms with van der Waals surface area (Å²) in [7, 11) is -8.61. The Morgan fingerprint density at radius 2 is 1.15 bits per heavy atom. The van der Waals surface area contributed by atoms with Gasteiger partial charge < -0.3 is 4.74 Å². The maximum atomic E-state index is 13.4. The van der Waals surface area contributed by atoms with Crippen LogP contribution in [0.5, 0.6) is 5.75 Å². The van der Waals surface area contributed by atoms with Gasteiger partial charge in [0.05, 0.1) is 9.79 Å². The fraction of sp³-hybridized carbons (Fsp3) is 0.217. The predicted molar refractivity (Wildman–Crippen MR) is 117 cm³/mol. The lowest BCUT2D eigenvalue weighted by molar-refractivity contribution is -0.274. The normalized spacial score (nSPS) is 13.6. The van der Waals surface area contributed by atoms with Gasteiger partial charge >= 0.3 is 6.36 Å². The highest BCUT2D eigenvalue weighted by Crippen LogP contribution is 2.34. The molecule has 0 N–H and O–H groups in total. The zero-order valence-electron chi connectivity index (χ0n) is 17.4. The van der Waals surface area contributed by atoms with Gasteiger partial charge in [-0.15, -0.1) is 13.2 Å². The van der Waals surface area contributed by atoms with Gasteiger partial charge in [0, 0.05) is 0 Å². The quantitative estimate of drug-likeness (QED) is 0.418. The van der Waals surface area contributed by atoms with Crippen molar-refractivity contribution in [3.8, 4) is 5.75 Å². The molecule has 10 heteroatoms. The summed E-state index contributed by atoms with van der Waals surface area (Å²) in [5.74, 6) is -1.03. The van der Waals surface area contributed by atoms with Crippen molar-refractivity contribution < 1.29 is 34.7 Å². The number of halogens is 3. The summed E-state index contributed by atoms with van der Waals surface area (Å²) in [5.41, 5.74) is 0.473. The molecule has 0 aliphatic heterocycles. The van der Waals surface area contributed by atoms with Crippen molar-refractivity contribution in [2.24, 2.45) is 0 Å². The molecule has 0 aromatic heterocycles. The van der Waals surface area contributed by atoms with Crippen LogP contribution in [0.4, 0.5) is 13.2 Å². The van der Waals surface area contributed by atoms with Crippen LogP contribution in [0.2, 0.25) is 0 Å². The van der Waals surface area contributed by atoms with E-state index < -0.39 is 42.3 Å². The molecule has 0 radical (unpaired) electrons. The fourth-order valence-electron chi connectivity index (χ4n) is 3.37. The van der Waals surface area contributed by atoms with E-state index in [-0.39, 0.29) is 16.2 Å². The summed E-state index contributed by atoms with van der Waals surface area (Å²) in [6.45, 7) is 1.62. The minimum absolute atomic E-state index is 0.129. The zero-order valence-corrected chi connectivity index (χ0v) is 19.1. The van der Waals surface area contributed by atoms with Crippen molar-refractivity contribution >= 4 is 19.7 Å². The van der Waals surface area contributed by atoms with Gasteiger partial charge in [-0.05, 0) is 54.3 Å². The second-order valence-electron chi connectivity index (χ2n) is 7.40. The van der Waals surface area contributed by atoms with E-state index in [9.17, 15) is 30.0 Å². The molecule has 3 rings (SSSR count). The molecular weight excluding hydrogens is 477 g/mol. The van der Waals surface area contributed by atoms with Crippen LogP contribution < -0.4 is 4.74 Å². The molecule has 0 spiro atoms. The zero-order chi connectivity index (χ0) is 24.3. The molecule has 0 bridgehead atoms. The Kier molecular flexibility index (Phi) is 7.18. The van der Waals surface area contributed by atoms with Gasteiger partial charge in [0.1, 0.15) is 5.75 Å². The molecule has 1 unspecified atom stereocenters. The number of hydrogen-bond donors (Lipinski definition) is 0. The average Bonchev–Trinajstić information content (AvgIpc) is 2.77. The second kappa shape index (κ2) is 9.56. The Morgan fingerprint density at radius 3 is 1.55 bits per heavy atom. The summed E-state index contributed by atoms with van der Waals surface area (Å²) in [6.07, 6.45) is -5.14. The van der Waals surface area contributed by atoms with E-state index in [1.807, 2.05) is 0 Å². The van der Waals surface area contributed by atoms with Gasteiger partial charge in [-0.25, -0.2) is 16.8 Å². The van der Waals surface area contributed by atoms with E-state index in [0.29, 0.717) is 5.56 Å². The van der Waals surface area contributed by atoms with Crippen LogP contribution in [0.25, 0.3) is 0 Å². The van der Waals surface area contributed by atoms with E-state index in [4.69, 9.17) is 0 Å². The number of ether oxygens (including phenoxy) is 1. The molecule has 3 aromatic rings. The first kappa shape index (κ1) is 24.8. The molecule has 0 aliphatic rings. The third kappa shape index (κ3) is 5.94. The number of rotatable bonds is 8. The van der Waals surface area contributed by atoms with Crippen LogP contribution in [0, 0.1) is 0 Å². The van der Waals surface area contributed by atoms with Crippen LogP contribution in [0.1, 0.15) is 24.8 Å². The summed E-state index contributed by atoms with van der Waals surface area (Å²) in [4.78, 5) is -0.258. The van der Waals surface area contributed by atoms with Crippen LogP contribution >= 0.6 is 0 Å². The molecule has 0 heterocycles. The lowest BCUT2D eigenvalue weighted by atomic mass is 9.99. The van der Waals surface area contributed by atoms with Crippen molar-refractivity contribution in [3.05, 3.63) is 90.5 Å². The largest absolute Gasteiger partial charge is 0.573 e. The summed E-state index contributed by atoms with van der Waals surface area (Å²) >= 11 is 0. The minimum Gasteiger partial charge on any atom is -0.406 e. The van der Waals surface area contributed by atoms with Crippen molar-refractivity contribution in [3.63, 3.8) is 0 Å². The van der Waals surface area contributed by atoms with Gasteiger partial charge in [0.2, 0.25) is 0 Å². The third-order valence-corrected chi connectivity index (χ3v) is 10.2. The minimum atomic E-state index is -4.84. The number of sulfone groups is 2. The molecular formula is C23H21F3O5S2. The summed E-state index contributed by atoms with van der Waals surface area (Å²) < 4.78 is 92.9. The molecule has 3 aromatic carbocycles. The van der Waals surface area contributed by atoms with Crippen LogP contribution in [0.3, 0.4) is 0 Å². The second-order valence-corrected chi connectivity index (χ2v) is 12.0. The highest BCUT2D eigenvalue weighted by atomic mass is 32.3. The smallest absolute Gasteiger partial charge is 0.406 e. The number of benzene rings is 3. The Labute approximate surface area is 190 Å². The highest BCUT2D eigenvalue weighted by Gasteiger charge is 2.41. The summed E-state index contributed by atoms with van der Waals surface area (Å²) in [5, 5.41) is 0. The van der Waals surface area contributed by atoms with Crippen molar-refractivity contribution in [2.75, 3.05) is 0 Å². The molecule has 1 atom stereocenters. The van der Waals surface area contributed by atoms with Gasteiger partial charge in [-0.2, -0.15) is 0 Å². The molecule has 0 saturated heterocycles. The lowest BCUT2D eigenvalue weighted by Gasteiger charge is -2.22. The first-order valence-electron chi connectivity index (χ1n) is 9.85. The monoisotopic (exact) mass is 498 g/mol. The first-order valence-corrected chi connectivity index (χ1v) is 12.9. The molecule has 0 saturated carbocycles. The maximum Gasteiger partial charge on any atom is 0.573 e. The van der Waals surface area contributed by atoms with E-state index in [1.165, 1.54) is 60.7 Å².